The Bertz CT molecular complexity index is 1410. The molecule has 3 aromatic carbocycles. The van der Waals surface area contributed by atoms with Crippen molar-refractivity contribution in [2.24, 2.45) is 0 Å². The van der Waals surface area contributed by atoms with E-state index in [1.165, 1.54) is 0 Å². The molecule has 0 aliphatic rings. The summed E-state index contributed by atoms with van der Waals surface area (Å²) in [6, 6.07) is 19.4. The molecule has 0 atom stereocenters. The van der Waals surface area contributed by atoms with Gasteiger partial charge in [0.2, 0.25) is 0 Å². The van der Waals surface area contributed by atoms with E-state index in [2.05, 4.69) is 17.1 Å². The van der Waals surface area contributed by atoms with E-state index in [-0.39, 0.29) is 0 Å². The molecule has 0 fully saturated rings. The van der Waals surface area contributed by atoms with Gasteiger partial charge < -0.3 is 19.9 Å². The molecule has 0 aliphatic heterocycles. The second-order valence-corrected chi connectivity index (χ2v) is 8.32. The molecule has 2 aromatic heterocycles. The van der Waals surface area contributed by atoms with Crippen LogP contribution in [0.2, 0.25) is 0 Å². The summed E-state index contributed by atoms with van der Waals surface area (Å²) in [5.41, 5.74) is 10.4. The molecule has 33 heavy (non-hydrogen) atoms. The zero-order valence-corrected chi connectivity index (χ0v) is 19.0. The molecule has 5 aromatic rings. The highest BCUT2D eigenvalue weighted by Gasteiger charge is 2.13. The average Bonchev–Trinajstić information content (AvgIpc) is 3.50. The lowest BCUT2D eigenvalue weighted by Gasteiger charge is -2.11. The number of anilines is 1. The van der Waals surface area contributed by atoms with Gasteiger partial charge in [0.25, 0.3) is 0 Å². The van der Waals surface area contributed by atoms with Gasteiger partial charge in [-0.2, -0.15) is 0 Å². The lowest BCUT2D eigenvalue weighted by Crippen LogP contribution is -2.04. The van der Waals surface area contributed by atoms with E-state index >= 15 is 0 Å². The van der Waals surface area contributed by atoms with Gasteiger partial charge in [-0.25, -0.2) is 9.97 Å². The maximum absolute atomic E-state index is 5.98. The van der Waals surface area contributed by atoms with Crippen molar-refractivity contribution in [2.75, 3.05) is 20.0 Å². The summed E-state index contributed by atoms with van der Waals surface area (Å²) in [5.74, 6) is 2.13. The summed E-state index contributed by atoms with van der Waals surface area (Å²) in [6.07, 6.45) is 3.57. The predicted octanol–water partition coefficient (Wildman–Crippen LogP) is 5.33. The fourth-order valence-corrected chi connectivity index (χ4v) is 4.60. The number of nitrogens with two attached hydrogens (primary N) is 1. The van der Waals surface area contributed by atoms with Crippen LogP contribution in [0.25, 0.3) is 26.5 Å². The number of imidazole rings is 1. The summed E-state index contributed by atoms with van der Waals surface area (Å²) in [6.45, 7) is 0.357. The summed E-state index contributed by atoms with van der Waals surface area (Å²) in [5, 5.41) is 0.914. The highest BCUT2D eigenvalue weighted by atomic mass is 32.1. The van der Waals surface area contributed by atoms with Crippen LogP contribution in [0, 0.1) is 0 Å². The number of thiazole rings is 1. The number of hydrogen-bond acceptors (Lipinski definition) is 7. The van der Waals surface area contributed by atoms with Gasteiger partial charge in [-0.15, -0.1) is 11.3 Å². The van der Waals surface area contributed by atoms with Crippen LogP contribution >= 0.6 is 11.3 Å². The molecular formula is C25H22N4O3S. The molecule has 0 aliphatic carbocycles. The molecule has 0 saturated carbocycles. The van der Waals surface area contributed by atoms with E-state index in [1.807, 2.05) is 53.1 Å². The second-order valence-electron chi connectivity index (χ2n) is 7.33. The van der Waals surface area contributed by atoms with Crippen molar-refractivity contribution in [3.05, 3.63) is 78.9 Å². The zero-order chi connectivity index (χ0) is 22.8. The van der Waals surface area contributed by atoms with Crippen molar-refractivity contribution in [2.45, 2.75) is 6.61 Å². The fourth-order valence-electron chi connectivity index (χ4n) is 3.56. The Morgan fingerprint density at radius 3 is 2.55 bits per heavy atom. The zero-order valence-electron chi connectivity index (χ0n) is 18.2. The van der Waals surface area contributed by atoms with Gasteiger partial charge >= 0.3 is 0 Å². The van der Waals surface area contributed by atoms with Crippen molar-refractivity contribution < 1.29 is 14.2 Å². The molecule has 5 rings (SSSR count). The van der Waals surface area contributed by atoms with Crippen LogP contribution in [-0.2, 0) is 6.61 Å². The Balaban J connectivity index is 1.40. The second kappa shape index (κ2) is 8.84. The number of para-hydroxylation sites is 2. The number of hydrogen-bond donors (Lipinski definition) is 1. The average molecular weight is 459 g/mol. The van der Waals surface area contributed by atoms with Crippen molar-refractivity contribution in [3.63, 3.8) is 0 Å². The summed E-state index contributed by atoms with van der Waals surface area (Å²) >= 11 is 1.59. The first-order chi connectivity index (χ1) is 16.2. The van der Waals surface area contributed by atoms with E-state index in [4.69, 9.17) is 24.9 Å². The fraction of sp³-hybridized carbons (Fsp3) is 0.120. The number of nitrogen functional groups attached to an aromatic ring is 1. The number of aromatic nitrogens is 3. The van der Waals surface area contributed by atoms with E-state index in [0.717, 1.165) is 43.7 Å². The van der Waals surface area contributed by atoms with Crippen LogP contribution in [0.15, 0.2) is 73.2 Å². The lowest BCUT2D eigenvalue weighted by molar-refractivity contribution is 0.301. The first-order valence-corrected chi connectivity index (χ1v) is 11.1. The van der Waals surface area contributed by atoms with Crippen LogP contribution in [0.1, 0.15) is 5.69 Å². The molecular weight excluding hydrogens is 436 g/mol. The molecule has 2 heterocycles. The van der Waals surface area contributed by atoms with Crippen molar-refractivity contribution in [3.8, 4) is 33.5 Å². The molecule has 0 spiro atoms. The lowest BCUT2D eigenvalue weighted by atomic mass is 10.2. The summed E-state index contributed by atoms with van der Waals surface area (Å²) < 4.78 is 19.8. The maximum atomic E-state index is 5.98. The number of benzene rings is 3. The molecule has 2 N–H and O–H groups in total. The van der Waals surface area contributed by atoms with Crippen LogP contribution in [0.3, 0.4) is 0 Å². The van der Waals surface area contributed by atoms with Crippen molar-refractivity contribution in [1.29, 1.82) is 0 Å². The Labute approximate surface area is 195 Å². The van der Waals surface area contributed by atoms with Gasteiger partial charge in [-0.1, -0.05) is 12.1 Å². The van der Waals surface area contributed by atoms with Crippen molar-refractivity contribution in [1.82, 2.24) is 14.5 Å². The third-order valence-corrected chi connectivity index (χ3v) is 6.42. The van der Waals surface area contributed by atoms with E-state index in [0.29, 0.717) is 18.0 Å². The first kappa shape index (κ1) is 20.8. The number of nitrogens with zero attached hydrogens (tertiary/aromatic N) is 3. The summed E-state index contributed by atoms with van der Waals surface area (Å²) in [4.78, 5) is 9.08. The Morgan fingerprint density at radius 1 is 0.970 bits per heavy atom. The number of fused-ring (bicyclic) bond motifs is 1. The third kappa shape index (κ3) is 4.08. The normalized spacial score (nSPS) is 11.0. The molecule has 0 amide bonds. The van der Waals surface area contributed by atoms with Gasteiger partial charge in [0.1, 0.15) is 28.9 Å². The monoisotopic (exact) mass is 458 g/mol. The van der Waals surface area contributed by atoms with Crippen LogP contribution in [0.5, 0.6) is 17.2 Å². The maximum Gasteiger partial charge on any atom is 0.142 e. The quantitative estimate of drug-likeness (QED) is 0.332. The van der Waals surface area contributed by atoms with Gasteiger partial charge in [0, 0.05) is 23.4 Å². The van der Waals surface area contributed by atoms with Gasteiger partial charge in [-0.05, 0) is 36.4 Å². The SMILES string of the molecule is COc1cc(OC)c2sc(-c3ccc(-n4cncc4COc4ccccc4N)cc3)nc2c1. The minimum absolute atomic E-state index is 0.357. The highest BCUT2D eigenvalue weighted by molar-refractivity contribution is 7.22. The molecule has 0 bridgehead atoms. The van der Waals surface area contributed by atoms with Gasteiger partial charge in [0.05, 0.1) is 48.3 Å². The molecule has 166 valence electrons. The topological polar surface area (TPSA) is 84.4 Å². The summed E-state index contributed by atoms with van der Waals surface area (Å²) in [7, 11) is 3.29. The standard InChI is InChI=1S/C25H22N4O3S/c1-30-19-11-21-24(23(12-19)31-2)33-25(28-21)16-7-9-17(10-8-16)29-15-27-13-18(29)14-32-22-6-4-3-5-20(22)26/h3-13,15H,14,26H2,1-2H3. The molecule has 0 saturated heterocycles. The first-order valence-electron chi connectivity index (χ1n) is 10.3. The van der Waals surface area contributed by atoms with Crippen molar-refractivity contribution >= 4 is 27.2 Å². The highest BCUT2D eigenvalue weighted by Crippen LogP contribution is 2.38. The third-order valence-electron chi connectivity index (χ3n) is 5.29. The Morgan fingerprint density at radius 2 is 1.79 bits per heavy atom. The minimum atomic E-state index is 0.357. The molecule has 0 unspecified atom stereocenters. The van der Waals surface area contributed by atoms with Gasteiger partial charge in [0.15, 0.2) is 0 Å². The predicted molar refractivity (Wildman–Crippen MR) is 130 cm³/mol. The number of rotatable bonds is 7. The Hall–Kier alpha value is -4.04. The van der Waals surface area contributed by atoms with Crippen LogP contribution in [0.4, 0.5) is 5.69 Å². The molecule has 7 nitrogen and oxygen atoms in total. The smallest absolute Gasteiger partial charge is 0.142 e. The molecule has 0 radical (unpaired) electrons. The number of ether oxygens (including phenoxy) is 3. The van der Waals surface area contributed by atoms with E-state index in [1.54, 1.807) is 38.1 Å². The van der Waals surface area contributed by atoms with E-state index < -0.39 is 0 Å². The van der Waals surface area contributed by atoms with Crippen LogP contribution in [-0.4, -0.2) is 28.8 Å². The minimum Gasteiger partial charge on any atom is -0.497 e. The van der Waals surface area contributed by atoms with Gasteiger partial charge in [-0.3, -0.25) is 4.57 Å². The van der Waals surface area contributed by atoms with Crippen LogP contribution < -0.4 is 19.9 Å². The largest absolute Gasteiger partial charge is 0.497 e. The molecule has 8 heteroatoms. The van der Waals surface area contributed by atoms with E-state index in [9.17, 15) is 0 Å². The Kier molecular flexibility index (Phi) is 5.58. The number of methoxy groups -OCH3 is 2.